The highest BCUT2D eigenvalue weighted by Crippen LogP contribution is 2.39. The van der Waals surface area contributed by atoms with Crippen LogP contribution in [0.2, 0.25) is 0 Å². The summed E-state index contributed by atoms with van der Waals surface area (Å²) in [7, 11) is 2.18. The molecule has 0 spiro atoms. The van der Waals surface area contributed by atoms with Gasteiger partial charge in [-0.25, -0.2) is 9.59 Å². The number of thioether (sulfide) groups is 1. The molecular formula is C18H15F3N2O5S. The van der Waals surface area contributed by atoms with Crippen molar-refractivity contribution in [3.63, 3.8) is 0 Å². The topological polar surface area (TPSA) is 98.9 Å². The fraction of sp³-hybridized carbons (Fsp3) is 0.167. The Balaban J connectivity index is 2.73. The van der Waals surface area contributed by atoms with Crippen LogP contribution >= 0.6 is 11.8 Å². The number of rotatable bonds is 5. The van der Waals surface area contributed by atoms with Gasteiger partial charge in [0, 0.05) is 22.3 Å². The van der Waals surface area contributed by atoms with E-state index in [0.29, 0.717) is 0 Å². The molecule has 0 aromatic heterocycles. The molecule has 1 aromatic rings. The summed E-state index contributed by atoms with van der Waals surface area (Å²) in [4.78, 5) is 36.9. The molecule has 1 aliphatic heterocycles. The maximum atomic E-state index is 12.9. The Hall–Kier alpha value is -3.21. The molecule has 154 valence electrons. The molecule has 2 N–H and O–H groups in total. The fourth-order valence-electron chi connectivity index (χ4n) is 2.42. The van der Waals surface area contributed by atoms with E-state index in [0.717, 1.165) is 31.3 Å². The van der Waals surface area contributed by atoms with Crippen molar-refractivity contribution >= 4 is 35.3 Å². The molecule has 1 heterocycles. The minimum absolute atomic E-state index is 0.0187. The zero-order valence-electron chi connectivity index (χ0n) is 15.1. The number of nitrogens with zero attached hydrogens (tertiary/aromatic N) is 1. The second-order valence-corrected chi connectivity index (χ2v) is 6.58. The number of alkyl halides is 3. The number of anilines is 1. The Labute approximate surface area is 167 Å². The Bertz CT molecular complexity index is 938. The van der Waals surface area contributed by atoms with Crippen LogP contribution in [0.5, 0.6) is 0 Å². The van der Waals surface area contributed by atoms with Crippen LogP contribution in [0.25, 0.3) is 0 Å². The molecule has 0 radical (unpaired) electrons. The summed E-state index contributed by atoms with van der Waals surface area (Å²) in [5, 5.41) is 0. The molecule has 0 atom stereocenters. The van der Waals surface area contributed by atoms with Gasteiger partial charge in [0.05, 0.1) is 19.8 Å². The molecule has 29 heavy (non-hydrogen) atoms. The normalized spacial score (nSPS) is 13.9. The summed E-state index contributed by atoms with van der Waals surface area (Å²) in [5.74, 6) is -2.79. The number of esters is 2. The third-order valence-electron chi connectivity index (χ3n) is 3.58. The predicted molar refractivity (Wildman–Crippen MR) is 98.7 cm³/mol. The van der Waals surface area contributed by atoms with Crippen LogP contribution in [0.4, 0.5) is 18.9 Å². The molecule has 7 nitrogen and oxygen atoms in total. The maximum absolute atomic E-state index is 12.9. The first kappa shape index (κ1) is 22.1. The van der Waals surface area contributed by atoms with E-state index in [1.54, 1.807) is 0 Å². The minimum atomic E-state index is -4.62. The SMILES string of the molecule is COC(=O)C1=C(C(=O)OC)N(c2cc(SC(F)(F)F)cc(C(N)=O)c2)C=CC=C1. The zero-order chi connectivity index (χ0) is 21.8. The van der Waals surface area contributed by atoms with E-state index in [-0.39, 0.29) is 27.4 Å². The summed E-state index contributed by atoms with van der Waals surface area (Å²) in [6, 6.07) is 3.26. The zero-order valence-corrected chi connectivity index (χ0v) is 16.0. The lowest BCUT2D eigenvalue weighted by Gasteiger charge is -2.24. The van der Waals surface area contributed by atoms with Gasteiger partial charge in [-0.2, -0.15) is 13.2 Å². The molecule has 0 saturated carbocycles. The van der Waals surface area contributed by atoms with Crippen molar-refractivity contribution in [2.24, 2.45) is 5.73 Å². The van der Waals surface area contributed by atoms with Gasteiger partial charge in [0.15, 0.2) is 0 Å². The van der Waals surface area contributed by atoms with Crippen LogP contribution in [0.15, 0.2) is 58.8 Å². The second-order valence-electron chi connectivity index (χ2n) is 5.44. The minimum Gasteiger partial charge on any atom is -0.465 e. The van der Waals surface area contributed by atoms with Crippen LogP contribution in [0, 0.1) is 0 Å². The monoisotopic (exact) mass is 428 g/mol. The number of nitrogens with two attached hydrogens (primary N) is 1. The molecule has 1 aliphatic rings. The first-order valence-corrected chi connectivity index (χ1v) is 8.64. The summed E-state index contributed by atoms with van der Waals surface area (Å²) in [5.41, 5.74) is -0.130. The number of amides is 1. The van der Waals surface area contributed by atoms with Crippen molar-refractivity contribution < 1.29 is 37.0 Å². The van der Waals surface area contributed by atoms with Gasteiger partial charge in [0.1, 0.15) is 5.70 Å². The van der Waals surface area contributed by atoms with Gasteiger partial charge in [-0.1, -0.05) is 6.08 Å². The fourth-order valence-corrected chi connectivity index (χ4v) is 3.06. The third kappa shape index (κ3) is 5.41. The molecule has 0 saturated heterocycles. The third-order valence-corrected chi connectivity index (χ3v) is 4.28. The van der Waals surface area contributed by atoms with E-state index in [4.69, 9.17) is 10.5 Å². The van der Waals surface area contributed by atoms with E-state index >= 15 is 0 Å². The van der Waals surface area contributed by atoms with Gasteiger partial charge in [0.25, 0.3) is 0 Å². The molecule has 0 aliphatic carbocycles. The van der Waals surface area contributed by atoms with E-state index in [2.05, 4.69) is 4.74 Å². The number of carbonyl (C=O) groups excluding carboxylic acids is 3. The highest BCUT2D eigenvalue weighted by Gasteiger charge is 2.31. The highest BCUT2D eigenvalue weighted by atomic mass is 32.2. The average molecular weight is 428 g/mol. The number of carbonyl (C=O) groups is 3. The van der Waals surface area contributed by atoms with Crippen LogP contribution in [-0.4, -0.2) is 37.6 Å². The summed E-state index contributed by atoms with van der Waals surface area (Å²) < 4.78 is 47.9. The molecular weight excluding hydrogens is 413 g/mol. The number of primary amides is 1. The molecule has 11 heteroatoms. The number of benzene rings is 1. The van der Waals surface area contributed by atoms with Gasteiger partial charge in [-0.15, -0.1) is 0 Å². The Morgan fingerprint density at radius 2 is 1.69 bits per heavy atom. The molecule has 0 fully saturated rings. The first-order valence-electron chi connectivity index (χ1n) is 7.83. The molecule has 1 amide bonds. The molecule has 0 bridgehead atoms. The van der Waals surface area contributed by atoms with Crippen molar-refractivity contribution in [3.05, 3.63) is 59.5 Å². The predicted octanol–water partition coefficient (Wildman–Crippen LogP) is 2.89. The number of halogens is 3. The summed E-state index contributed by atoms with van der Waals surface area (Å²) >= 11 is -0.455. The number of ether oxygens (including phenoxy) is 2. The summed E-state index contributed by atoms with van der Waals surface area (Å²) in [6.45, 7) is 0. The Morgan fingerprint density at radius 3 is 2.24 bits per heavy atom. The second kappa shape index (κ2) is 8.86. The molecule has 1 aromatic carbocycles. The van der Waals surface area contributed by atoms with Gasteiger partial charge in [-0.3, -0.25) is 4.79 Å². The van der Waals surface area contributed by atoms with Crippen molar-refractivity contribution in [1.82, 2.24) is 0 Å². The summed E-state index contributed by atoms with van der Waals surface area (Å²) in [6.07, 6.45) is 5.48. The van der Waals surface area contributed by atoms with Crippen LogP contribution in [0.3, 0.4) is 0 Å². The lowest BCUT2D eigenvalue weighted by molar-refractivity contribution is -0.139. The highest BCUT2D eigenvalue weighted by molar-refractivity contribution is 8.00. The maximum Gasteiger partial charge on any atom is 0.446 e. The van der Waals surface area contributed by atoms with Crippen LogP contribution < -0.4 is 10.6 Å². The van der Waals surface area contributed by atoms with E-state index in [9.17, 15) is 27.6 Å². The Kier molecular flexibility index (Phi) is 6.75. The van der Waals surface area contributed by atoms with Gasteiger partial charge in [-0.05, 0) is 42.1 Å². The van der Waals surface area contributed by atoms with Crippen LogP contribution in [0.1, 0.15) is 10.4 Å². The number of allylic oxidation sites excluding steroid dienone is 2. The van der Waals surface area contributed by atoms with Gasteiger partial charge in [0.2, 0.25) is 5.91 Å². The van der Waals surface area contributed by atoms with Crippen molar-refractivity contribution in [2.45, 2.75) is 10.4 Å². The number of hydrogen-bond acceptors (Lipinski definition) is 7. The van der Waals surface area contributed by atoms with E-state index in [1.807, 2.05) is 0 Å². The first-order chi connectivity index (χ1) is 13.6. The van der Waals surface area contributed by atoms with Gasteiger partial charge < -0.3 is 20.1 Å². The average Bonchev–Trinajstić information content (AvgIpc) is 2.88. The smallest absolute Gasteiger partial charge is 0.446 e. The number of hydrogen-bond donors (Lipinski definition) is 1. The number of methoxy groups -OCH3 is 2. The van der Waals surface area contributed by atoms with Crippen molar-refractivity contribution in [2.75, 3.05) is 19.1 Å². The lowest BCUT2D eigenvalue weighted by Crippen LogP contribution is -2.27. The van der Waals surface area contributed by atoms with Gasteiger partial charge >= 0.3 is 17.4 Å². The standard InChI is InChI=1S/C18H15F3N2O5S/c1-27-16(25)13-5-3-4-6-23(14(13)17(26)28-2)11-7-10(15(22)24)8-12(9-11)29-18(19,20)21/h3-9H,1-2H3,(H2,22,24). The van der Waals surface area contributed by atoms with E-state index < -0.39 is 35.1 Å². The van der Waals surface area contributed by atoms with Crippen LogP contribution in [-0.2, 0) is 19.1 Å². The quantitative estimate of drug-likeness (QED) is 0.569. The van der Waals surface area contributed by atoms with E-state index in [1.165, 1.54) is 30.5 Å². The van der Waals surface area contributed by atoms with Crippen molar-refractivity contribution in [3.8, 4) is 0 Å². The molecule has 2 rings (SSSR count). The Morgan fingerprint density at radius 1 is 1.03 bits per heavy atom. The lowest BCUT2D eigenvalue weighted by atomic mass is 10.1. The van der Waals surface area contributed by atoms with Crippen molar-refractivity contribution in [1.29, 1.82) is 0 Å². The molecule has 0 unspecified atom stereocenters. The largest absolute Gasteiger partial charge is 0.465 e.